The van der Waals surface area contributed by atoms with Gasteiger partial charge in [-0.1, -0.05) is 12.1 Å². The van der Waals surface area contributed by atoms with Crippen LogP contribution in [0.2, 0.25) is 0 Å². The van der Waals surface area contributed by atoms with E-state index in [-0.39, 0.29) is 0 Å². The lowest BCUT2D eigenvalue weighted by molar-refractivity contribution is 0.164. The summed E-state index contributed by atoms with van der Waals surface area (Å²) in [4.78, 5) is 11.6. The van der Waals surface area contributed by atoms with E-state index < -0.39 is 0 Å². The first-order valence-corrected chi connectivity index (χ1v) is 7.84. The zero-order valence-corrected chi connectivity index (χ0v) is 12.7. The normalized spacial score (nSPS) is 19.6. The molecule has 3 rings (SSSR count). The molecule has 0 N–H and O–H groups in total. The average Bonchev–Trinajstić information content (AvgIpc) is 2.49. The van der Waals surface area contributed by atoms with Crippen molar-refractivity contribution in [2.45, 2.75) is 32.7 Å². The van der Waals surface area contributed by atoms with Gasteiger partial charge in [0.1, 0.15) is 0 Å². The Morgan fingerprint density at radius 3 is 2.86 bits per heavy atom. The second kappa shape index (κ2) is 6.81. The summed E-state index contributed by atoms with van der Waals surface area (Å²) in [6.45, 7) is 5.38. The summed E-state index contributed by atoms with van der Waals surface area (Å²) < 4.78 is 0. The lowest BCUT2D eigenvalue weighted by atomic mass is 9.93. The van der Waals surface area contributed by atoms with Crippen molar-refractivity contribution in [3.05, 3.63) is 59.7 Å². The highest BCUT2D eigenvalue weighted by molar-refractivity contribution is 5.10. The summed E-state index contributed by atoms with van der Waals surface area (Å²) in [6.07, 6.45) is 5.59. The Morgan fingerprint density at radius 1 is 1.14 bits per heavy atom. The van der Waals surface area contributed by atoms with Gasteiger partial charge in [0.05, 0.1) is 5.69 Å². The van der Waals surface area contributed by atoms with Crippen molar-refractivity contribution in [3.63, 3.8) is 0 Å². The van der Waals surface area contributed by atoms with E-state index in [0.29, 0.717) is 0 Å². The molecule has 0 radical (unpaired) electrons. The van der Waals surface area contributed by atoms with E-state index in [4.69, 9.17) is 0 Å². The molecular formula is C18H23N3. The van der Waals surface area contributed by atoms with Crippen molar-refractivity contribution < 1.29 is 0 Å². The zero-order chi connectivity index (χ0) is 14.5. The van der Waals surface area contributed by atoms with E-state index in [2.05, 4.69) is 52.1 Å². The number of pyridine rings is 2. The van der Waals surface area contributed by atoms with Crippen molar-refractivity contribution >= 4 is 0 Å². The Morgan fingerprint density at radius 2 is 2.05 bits per heavy atom. The van der Waals surface area contributed by atoms with Crippen LogP contribution in [0.5, 0.6) is 0 Å². The summed E-state index contributed by atoms with van der Waals surface area (Å²) in [5, 5.41) is 0. The van der Waals surface area contributed by atoms with Crippen molar-refractivity contribution in [3.8, 4) is 0 Å². The number of hydrogen-bond acceptors (Lipinski definition) is 3. The highest BCUT2D eigenvalue weighted by Gasteiger charge is 2.20. The minimum atomic E-state index is 0.721. The van der Waals surface area contributed by atoms with Crippen LogP contribution in [0.3, 0.4) is 0 Å². The molecule has 0 unspecified atom stereocenters. The van der Waals surface area contributed by atoms with Crippen LogP contribution < -0.4 is 0 Å². The van der Waals surface area contributed by atoms with E-state index in [1.165, 1.54) is 30.8 Å². The molecule has 0 aromatic carbocycles. The lowest BCUT2D eigenvalue weighted by Gasteiger charge is -2.32. The van der Waals surface area contributed by atoms with Crippen LogP contribution in [-0.2, 0) is 13.0 Å². The molecule has 0 bridgehead atoms. The van der Waals surface area contributed by atoms with Crippen LogP contribution in [0.25, 0.3) is 0 Å². The number of nitrogens with zero attached hydrogens (tertiary/aromatic N) is 3. The number of rotatable bonds is 4. The third kappa shape index (κ3) is 4.11. The van der Waals surface area contributed by atoms with Gasteiger partial charge in [-0.2, -0.15) is 0 Å². The molecule has 110 valence electrons. The van der Waals surface area contributed by atoms with Gasteiger partial charge in [-0.05, 0) is 62.9 Å². The van der Waals surface area contributed by atoms with Crippen LogP contribution >= 0.6 is 0 Å². The first-order valence-electron chi connectivity index (χ1n) is 7.84. The monoisotopic (exact) mass is 281 g/mol. The summed E-state index contributed by atoms with van der Waals surface area (Å²) in [5.41, 5.74) is 3.51. The van der Waals surface area contributed by atoms with Gasteiger partial charge >= 0.3 is 0 Å². The largest absolute Gasteiger partial charge is 0.297 e. The SMILES string of the molecule is Cc1cccc(CN2CCC[C@@H](Cc3ccccn3)C2)n1. The molecule has 1 aliphatic rings. The smallest absolute Gasteiger partial charge is 0.0547 e. The molecule has 0 spiro atoms. The van der Waals surface area contributed by atoms with E-state index in [9.17, 15) is 0 Å². The van der Waals surface area contributed by atoms with E-state index in [1.54, 1.807) is 0 Å². The molecule has 0 saturated carbocycles. The molecule has 3 heterocycles. The van der Waals surface area contributed by atoms with E-state index in [1.807, 2.05) is 12.3 Å². The van der Waals surface area contributed by atoms with Crippen LogP contribution in [0, 0.1) is 12.8 Å². The Bertz CT molecular complexity index is 568. The Kier molecular flexibility index (Phi) is 4.61. The van der Waals surface area contributed by atoms with Gasteiger partial charge in [0.15, 0.2) is 0 Å². The van der Waals surface area contributed by atoms with Crippen LogP contribution in [0.1, 0.15) is 29.9 Å². The maximum absolute atomic E-state index is 4.62. The van der Waals surface area contributed by atoms with Crippen LogP contribution in [0.15, 0.2) is 42.6 Å². The van der Waals surface area contributed by atoms with E-state index in [0.717, 1.165) is 31.1 Å². The molecule has 21 heavy (non-hydrogen) atoms. The minimum absolute atomic E-state index is 0.721. The second-order valence-corrected chi connectivity index (χ2v) is 6.04. The van der Waals surface area contributed by atoms with Gasteiger partial charge in [0.2, 0.25) is 0 Å². The van der Waals surface area contributed by atoms with E-state index >= 15 is 0 Å². The molecule has 1 atom stereocenters. The molecular weight excluding hydrogens is 258 g/mol. The third-order valence-corrected chi connectivity index (χ3v) is 4.16. The fourth-order valence-electron chi connectivity index (χ4n) is 3.19. The number of likely N-dealkylation sites (tertiary alicyclic amines) is 1. The predicted octanol–water partition coefficient (Wildman–Crippen LogP) is 3.24. The van der Waals surface area contributed by atoms with Gasteiger partial charge in [0, 0.05) is 30.7 Å². The highest BCUT2D eigenvalue weighted by atomic mass is 15.1. The van der Waals surface area contributed by atoms with Crippen molar-refractivity contribution in [1.82, 2.24) is 14.9 Å². The Balaban J connectivity index is 1.58. The second-order valence-electron chi connectivity index (χ2n) is 6.04. The summed E-state index contributed by atoms with van der Waals surface area (Å²) >= 11 is 0. The van der Waals surface area contributed by atoms with Crippen molar-refractivity contribution in [2.75, 3.05) is 13.1 Å². The summed E-state index contributed by atoms with van der Waals surface area (Å²) in [7, 11) is 0. The Labute approximate surface area is 127 Å². The van der Waals surface area contributed by atoms with Gasteiger partial charge < -0.3 is 0 Å². The molecule has 1 fully saturated rings. The first-order chi connectivity index (χ1) is 10.3. The number of hydrogen-bond donors (Lipinski definition) is 0. The topological polar surface area (TPSA) is 29.0 Å². The molecule has 0 aliphatic carbocycles. The minimum Gasteiger partial charge on any atom is -0.297 e. The molecule has 3 nitrogen and oxygen atoms in total. The first kappa shape index (κ1) is 14.2. The number of aromatic nitrogens is 2. The molecule has 2 aromatic heterocycles. The van der Waals surface area contributed by atoms with Gasteiger partial charge in [-0.25, -0.2) is 0 Å². The van der Waals surface area contributed by atoms with Gasteiger partial charge in [-0.15, -0.1) is 0 Å². The Hall–Kier alpha value is -1.74. The third-order valence-electron chi connectivity index (χ3n) is 4.16. The number of aryl methyl sites for hydroxylation is 1. The maximum atomic E-state index is 4.62. The van der Waals surface area contributed by atoms with Gasteiger partial charge in [-0.3, -0.25) is 14.9 Å². The molecule has 2 aromatic rings. The van der Waals surface area contributed by atoms with Gasteiger partial charge in [0.25, 0.3) is 0 Å². The van der Waals surface area contributed by atoms with Crippen molar-refractivity contribution in [2.24, 2.45) is 5.92 Å². The number of piperidine rings is 1. The zero-order valence-electron chi connectivity index (χ0n) is 12.7. The quantitative estimate of drug-likeness (QED) is 0.861. The molecule has 1 saturated heterocycles. The fraction of sp³-hybridized carbons (Fsp3) is 0.444. The standard InChI is InChI=1S/C18H23N3/c1-15-6-4-9-18(20-15)14-21-11-5-7-16(13-21)12-17-8-2-3-10-19-17/h2-4,6,8-10,16H,5,7,11-14H2,1H3/t16-/m0/s1. The van der Waals surface area contributed by atoms with Crippen molar-refractivity contribution in [1.29, 1.82) is 0 Å². The maximum Gasteiger partial charge on any atom is 0.0547 e. The average molecular weight is 281 g/mol. The molecule has 3 heteroatoms. The summed E-state index contributed by atoms with van der Waals surface area (Å²) in [6, 6.07) is 12.5. The molecule has 0 amide bonds. The predicted molar refractivity (Wildman–Crippen MR) is 84.9 cm³/mol. The van der Waals surface area contributed by atoms with Crippen LogP contribution in [-0.4, -0.2) is 28.0 Å². The van der Waals surface area contributed by atoms with Crippen LogP contribution in [0.4, 0.5) is 0 Å². The summed E-state index contributed by atoms with van der Waals surface area (Å²) in [5.74, 6) is 0.721. The molecule has 1 aliphatic heterocycles. The fourth-order valence-corrected chi connectivity index (χ4v) is 3.19. The highest BCUT2D eigenvalue weighted by Crippen LogP contribution is 2.21. The lowest BCUT2D eigenvalue weighted by Crippen LogP contribution is -2.36.